The molecule has 1 aliphatic carbocycles. The second kappa shape index (κ2) is 5.01. The number of anilines is 1. The van der Waals surface area contributed by atoms with Crippen LogP contribution in [0.2, 0.25) is 0 Å². The molecule has 0 amide bonds. The molecule has 3 rings (SSSR count). The molecule has 22 heavy (non-hydrogen) atoms. The van der Waals surface area contributed by atoms with Crippen molar-refractivity contribution >= 4 is 28.2 Å². The first kappa shape index (κ1) is 13.1. The number of carbonyl (C=O) groups excluding carboxylic acids is 2. The molecular formula is C15H14FN3O3. The van der Waals surface area contributed by atoms with Gasteiger partial charge >= 0.3 is 0 Å². The fourth-order valence-electron chi connectivity index (χ4n) is 2.74. The molecule has 2 N–H and O–H groups in total. The molecule has 0 bridgehead atoms. The van der Waals surface area contributed by atoms with Crippen molar-refractivity contribution in [3.63, 3.8) is 0 Å². The van der Waals surface area contributed by atoms with Crippen LogP contribution < -0.4 is 11.3 Å². The number of hydrogen-bond acceptors (Lipinski definition) is 5. The van der Waals surface area contributed by atoms with Gasteiger partial charge in [-0.15, -0.1) is 0 Å². The van der Waals surface area contributed by atoms with Gasteiger partial charge in [-0.2, -0.15) is 0 Å². The minimum atomic E-state index is -1.89. The Morgan fingerprint density at radius 3 is 2.82 bits per heavy atom. The van der Waals surface area contributed by atoms with Gasteiger partial charge in [-0.25, -0.2) is 9.37 Å². The normalized spacial score (nSPS) is 22.9. The Balaban J connectivity index is 2.33. The van der Waals surface area contributed by atoms with Crippen molar-refractivity contribution in [2.75, 3.05) is 5.73 Å². The molecule has 114 valence electrons. The van der Waals surface area contributed by atoms with Crippen LogP contribution in [0.1, 0.15) is 32.5 Å². The first-order valence-corrected chi connectivity index (χ1v) is 6.78. The Labute approximate surface area is 126 Å². The summed E-state index contributed by atoms with van der Waals surface area (Å²) >= 11 is 0. The van der Waals surface area contributed by atoms with Crippen LogP contribution in [-0.4, -0.2) is 21.1 Å². The molecule has 1 fully saturated rings. The molecule has 0 aliphatic heterocycles. The minimum absolute atomic E-state index is 0.0340. The number of nitrogens with two attached hydrogens (primary N) is 1. The van der Waals surface area contributed by atoms with E-state index < -0.39 is 23.2 Å². The Morgan fingerprint density at radius 1 is 1.41 bits per heavy atom. The van der Waals surface area contributed by atoms with E-state index in [9.17, 15) is 18.8 Å². The van der Waals surface area contributed by atoms with E-state index in [0.29, 0.717) is 0 Å². The molecule has 2 aromatic rings. The van der Waals surface area contributed by atoms with E-state index in [0.717, 1.165) is 16.7 Å². The van der Waals surface area contributed by atoms with E-state index in [-0.39, 0.29) is 47.5 Å². The van der Waals surface area contributed by atoms with Gasteiger partial charge in [-0.05, 0) is 19.4 Å². The maximum absolute atomic E-state index is 13.4. The minimum Gasteiger partial charge on any atom is -0.398 e. The standard InChI is InChI=1S/C15H14FN3O3/c1-7-18-11-5-8(16)4-10(17)14(11)15(22)19(7)12-3-2-9(20)6-13(12)21/h4-5,12H,2-3,6,17H2,1H3/i12D. The van der Waals surface area contributed by atoms with E-state index in [1.807, 2.05) is 0 Å². The van der Waals surface area contributed by atoms with Crippen molar-refractivity contribution in [3.05, 3.63) is 34.1 Å². The molecule has 1 aliphatic rings. The van der Waals surface area contributed by atoms with E-state index >= 15 is 0 Å². The average molecular weight is 304 g/mol. The lowest BCUT2D eigenvalue weighted by Crippen LogP contribution is -2.36. The summed E-state index contributed by atoms with van der Waals surface area (Å²) in [6.07, 6.45) is -0.440. The predicted molar refractivity (Wildman–Crippen MR) is 78.0 cm³/mol. The molecular weight excluding hydrogens is 289 g/mol. The summed E-state index contributed by atoms with van der Waals surface area (Å²) < 4.78 is 22.8. The fourth-order valence-corrected chi connectivity index (χ4v) is 2.74. The van der Waals surface area contributed by atoms with Crippen molar-refractivity contribution in [2.45, 2.75) is 32.2 Å². The Hall–Kier alpha value is -2.57. The van der Waals surface area contributed by atoms with Crippen LogP contribution in [0.4, 0.5) is 10.1 Å². The number of aromatic nitrogens is 2. The van der Waals surface area contributed by atoms with E-state index in [1.165, 1.54) is 6.92 Å². The number of rotatable bonds is 1. The third kappa shape index (κ3) is 2.18. The highest BCUT2D eigenvalue weighted by Crippen LogP contribution is 2.25. The second-order valence-electron chi connectivity index (χ2n) is 5.27. The van der Waals surface area contributed by atoms with Gasteiger partial charge in [0, 0.05) is 18.2 Å². The Bertz CT molecular complexity index is 924. The summed E-state index contributed by atoms with van der Waals surface area (Å²) in [7, 11) is 0. The fraction of sp³-hybridized carbons (Fsp3) is 0.333. The van der Waals surface area contributed by atoms with Gasteiger partial charge in [0.15, 0.2) is 5.78 Å². The highest BCUT2D eigenvalue weighted by molar-refractivity contribution is 6.03. The number of nitrogens with zero attached hydrogens (tertiary/aromatic N) is 2. The first-order valence-electron chi connectivity index (χ1n) is 7.28. The molecule has 1 atom stereocenters. The van der Waals surface area contributed by atoms with Crippen LogP contribution in [0.5, 0.6) is 0 Å². The van der Waals surface area contributed by atoms with E-state index in [2.05, 4.69) is 4.98 Å². The van der Waals surface area contributed by atoms with Crippen LogP contribution >= 0.6 is 0 Å². The number of ketones is 2. The van der Waals surface area contributed by atoms with Gasteiger partial charge in [0.25, 0.3) is 5.56 Å². The van der Waals surface area contributed by atoms with Crippen LogP contribution in [0.3, 0.4) is 0 Å². The lowest BCUT2D eigenvalue weighted by Gasteiger charge is -2.24. The number of aryl methyl sites for hydroxylation is 1. The smallest absolute Gasteiger partial charge is 0.264 e. The molecule has 0 saturated heterocycles. The van der Waals surface area contributed by atoms with Crippen LogP contribution in [-0.2, 0) is 9.59 Å². The summed E-state index contributed by atoms with van der Waals surface area (Å²) in [5, 5.41) is -0.0340. The van der Waals surface area contributed by atoms with Crippen molar-refractivity contribution in [1.29, 1.82) is 0 Å². The summed E-state index contributed by atoms with van der Waals surface area (Å²) in [6.45, 7) is 1.46. The number of carbonyl (C=O) groups is 2. The van der Waals surface area contributed by atoms with E-state index in [1.54, 1.807) is 0 Å². The number of fused-ring (bicyclic) bond motifs is 1. The third-order valence-electron chi connectivity index (χ3n) is 3.73. The number of hydrogen-bond donors (Lipinski definition) is 1. The molecule has 1 heterocycles. The maximum atomic E-state index is 13.4. The zero-order valence-electron chi connectivity index (χ0n) is 12.9. The van der Waals surface area contributed by atoms with Crippen molar-refractivity contribution in [1.82, 2.24) is 9.55 Å². The first-order chi connectivity index (χ1) is 10.7. The van der Waals surface area contributed by atoms with Gasteiger partial charge in [0.1, 0.15) is 17.4 Å². The Morgan fingerprint density at radius 2 is 2.14 bits per heavy atom. The monoisotopic (exact) mass is 304 g/mol. The number of benzene rings is 1. The number of nitrogen functional groups attached to an aromatic ring is 1. The molecule has 0 spiro atoms. The van der Waals surface area contributed by atoms with Gasteiger partial charge < -0.3 is 5.73 Å². The van der Waals surface area contributed by atoms with Crippen LogP contribution in [0.15, 0.2) is 16.9 Å². The molecule has 1 aromatic carbocycles. The largest absolute Gasteiger partial charge is 0.398 e. The van der Waals surface area contributed by atoms with Gasteiger partial charge in [0.2, 0.25) is 0 Å². The summed E-state index contributed by atoms with van der Waals surface area (Å²) in [4.78, 5) is 40.5. The van der Waals surface area contributed by atoms with Crippen molar-refractivity contribution < 1.29 is 15.4 Å². The molecule has 1 unspecified atom stereocenters. The second-order valence-corrected chi connectivity index (χ2v) is 5.27. The summed E-state index contributed by atoms with van der Waals surface area (Å²) in [6, 6.07) is 0.179. The topological polar surface area (TPSA) is 95.1 Å². The molecule has 6 nitrogen and oxygen atoms in total. The zero-order valence-corrected chi connectivity index (χ0v) is 11.9. The van der Waals surface area contributed by atoms with Crippen LogP contribution in [0.25, 0.3) is 10.9 Å². The number of Topliss-reactive ketones (excluding diaryl/α,β-unsaturated/α-hetero) is 2. The molecule has 1 aromatic heterocycles. The lowest BCUT2D eigenvalue weighted by atomic mass is 9.92. The lowest BCUT2D eigenvalue weighted by molar-refractivity contribution is -0.132. The third-order valence-corrected chi connectivity index (χ3v) is 3.73. The molecule has 0 radical (unpaired) electrons. The van der Waals surface area contributed by atoms with E-state index in [4.69, 9.17) is 7.10 Å². The summed E-state index contributed by atoms with van der Waals surface area (Å²) in [5.41, 5.74) is 5.01. The SMILES string of the molecule is [2H]C1(n2c(C)nc3cc(F)cc(N)c3c2=O)CCC(=O)CC1=O. The van der Waals surface area contributed by atoms with Crippen molar-refractivity contribution in [2.24, 2.45) is 0 Å². The zero-order chi connectivity index (χ0) is 16.9. The predicted octanol–water partition coefficient (Wildman–Crippen LogP) is 1.29. The highest BCUT2D eigenvalue weighted by Gasteiger charge is 2.30. The number of halogens is 1. The molecule has 7 heteroatoms. The average Bonchev–Trinajstić information content (AvgIpc) is 2.42. The van der Waals surface area contributed by atoms with Crippen LogP contribution in [0, 0.1) is 12.7 Å². The maximum Gasteiger partial charge on any atom is 0.264 e. The van der Waals surface area contributed by atoms with Gasteiger partial charge in [0.05, 0.1) is 24.7 Å². The highest BCUT2D eigenvalue weighted by atomic mass is 19.1. The van der Waals surface area contributed by atoms with Gasteiger partial charge in [-0.1, -0.05) is 0 Å². The summed E-state index contributed by atoms with van der Waals surface area (Å²) in [5.74, 6) is -1.43. The molecule has 1 saturated carbocycles. The quantitative estimate of drug-likeness (QED) is 0.632. The van der Waals surface area contributed by atoms with Gasteiger partial charge in [-0.3, -0.25) is 19.0 Å². The van der Waals surface area contributed by atoms with Crippen molar-refractivity contribution in [3.8, 4) is 0 Å². The Kier molecular flexibility index (Phi) is 2.99.